The van der Waals surface area contributed by atoms with Crippen molar-refractivity contribution in [3.63, 3.8) is 0 Å². The standard InChI is InChI=1S/C25H33BF2N4O5/c1-24(2,32-12-10-25(27,28)17-32)14-19(15-29)22(33)31-11-6-9-20(16-31)37-23(34)30-21(26(35)36)13-18-7-4-3-5-8-18/h3-5,7-8,14,20-21,35-36H,6,9-13,16-17H2,1-2H3,(H,30,34)/t20-,21?/m1/s1. The highest BCUT2D eigenvalue weighted by molar-refractivity contribution is 6.43. The molecular weight excluding hydrogens is 485 g/mol. The molecule has 2 aliphatic rings. The Morgan fingerprint density at radius 3 is 2.62 bits per heavy atom. The van der Waals surface area contributed by atoms with E-state index in [1.807, 2.05) is 12.1 Å². The van der Waals surface area contributed by atoms with Gasteiger partial charge in [-0.1, -0.05) is 30.3 Å². The summed E-state index contributed by atoms with van der Waals surface area (Å²) in [5.74, 6) is -4.35. The highest BCUT2D eigenvalue weighted by atomic mass is 19.3. The molecular formula is C25H33BF2N4O5. The molecule has 0 aromatic heterocycles. The Balaban J connectivity index is 1.59. The molecule has 2 atom stereocenters. The number of hydrogen-bond acceptors (Lipinski definition) is 7. The van der Waals surface area contributed by atoms with Crippen molar-refractivity contribution in [3.05, 3.63) is 47.5 Å². The molecule has 200 valence electrons. The number of nitrogens with one attached hydrogen (secondary N) is 1. The second-order valence-electron chi connectivity index (χ2n) is 10.1. The second-order valence-corrected chi connectivity index (χ2v) is 10.1. The molecule has 2 heterocycles. The van der Waals surface area contributed by atoms with Crippen LogP contribution in [0.5, 0.6) is 0 Å². The van der Waals surface area contributed by atoms with E-state index >= 15 is 0 Å². The lowest BCUT2D eigenvalue weighted by molar-refractivity contribution is -0.129. The first-order valence-corrected chi connectivity index (χ1v) is 12.3. The number of halogens is 2. The van der Waals surface area contributed by atoms with E-state index in [9.17, 15) is 33.7 Å². The fourth-order valence-electron chi connectivity index (χ4n) is 4.64. The summed E-state index contributed by atoms with van der Waals surface area (Å²) in [7, 11) is -1.81. The first kappa shape index (κ1) is 28.6. The van der Waals surface area contributed by atoms with Gasteiger partial charge < -0.3 is 25.0 Å². The molecule has 2 saturated heterocycles. The third kappa shape index (κ3) is 7.99. The number of benzene rings is 1. The van der Waals surface area contributed by atoms with Crippen LogP contribution in [-0.2, 0) is 16.0 Å². The van der Waals surface area contributed by atoms with Gasteiger partial charge in [0, 0.05) is 25.0 Å². The molecule has 3 N–H and O–H groups in total. The molecule has 2 aliphatic heterocycles. The van der Waals surface area contributed by atoms with Crippen molar-refractivity contribution in [3.8, 4) is 6.07 Å². The van der Waals surface area contributed by atoms with Crippen molar-refractivity contribution in [1.29, 1.82) is 5.26 Å². The number of carbonyl (C=O) groups excluding carboxylic acids is 2. The summed E-state index contributed by atoms with van der Waals surface area (Å²) in [6, 6.07) is 10.9. The quantitative estimate of drug-likeness (QED) is 0.273. The number of carbonyl (C=O) groups is 2. The summed E-state index contributed by atoms with van der Waals surface area (Å²) in [4.78, 5) is 28.5. The zero-order chi connectivity index (χ0) is 27.2. The third-order valence-corrected chi connectivity index (χ3v) is 6.73. The molecule has 2 amide bonds. The van der Waals surface area contributed by atoms with E-state index < -0.39 is 49.2 Å². The summed E-state index contributed by atoms with van der Waals surface area (Å²) in [6.45, 7) is 3.50. The molecule has 1 aromatic rings. The van der Waals surface area contributed by atoms with Crippen LogP contribution >= 0.6 is 0 Å². The van der Waals surface area contributed by atoms with Crippen LogP contribution in [0.15, 0.2) is 42.0 Å². The predicted molar refractivity (Wildman–Crippen MR) is 132 cm³/mol. The van der Waals surface area contributed by atoms with Gasteiger partial charge in [-0.15, -0.1) is 0 Å². The van der Waals surface area contributed by atoms with E-state index in [4.69, 9.17) is 4.74 Å². The van der Waals surface area contributed by atoms with Crippen molar-refractivity contribution in [2.45, 2.75) is 63.0 Å². The van der Waals surface area contributed by atoms with E-state index in [1.165, 1.54) is 11.0 Å². The minimum absolute atomic E-state index is 0.0541. The van der Waals surface area contributed by atoms with Crippen LogP contribution in [0.4, 0.5) is 13.6 Å². The summed E-state index contributed by atoms with van der Waals surface area (Å²) < 4.78 is 32.8. The van der Waals surface area contributed by atoms with Crippen LogP contribution in [0, 0.1) is 11.3 Å². The molecule has 0 aliphatic carbocycles. The summed E-state index contributed by atoms with van der Waals surface area (Å²) in [5.41, 5.74) is -0.283. The molecule has 2 fully saturated rings. The zero-order valence-corrected chi connectivity index (χ0v) is 21.1. The van der Waals surface area contributed by atoms with Crippen molar-refractivity contribution >= 4 is 19.1 Å². The topological polar surface area (TPSA) is 126 Å². The highest BCUT2D eigenvalue weighted by Crippen LogP contribution is 2.33. The number of rotatable bonds is 8. The Bertz CT molecular complexity index is 1030. The zero-order valence-electron chi connectivity index (χ0n) is 21.1. The van der Waals surface area contributed by atoms with E-state index in [0.29, 0.717) is 19.4 Å². The normalized spacial score (nSPS) is 21.2. The van der Waals surface area contributed by atoms with Crippen molar-refractivity contribution in [1.82, 2.24) is 15.1 Å². The van der Waals surface area contributed by atoms with Gasteiger partial charge in [-0.3, -0.25) is 9.69 Å². The molecule has 1 aromatic carbocycles. The van der Waals surface area contributed by atoms with Crippen LogP contribution in [0.25, 0.3) is 0 Å². The number of piperidine rings is 1. The van der Waals surface area contributed by atoms with E-state index in [2.05, 4.69) is 5.32 Å². The first-order valence-electron chi connectivity index (χ1n) is 12.3. The van der Waals surface area contributed by atoms with Crippen LogP contribution in [0.1, 0.15) is 38.7 Å². The maximum Gasteiger partial charge on any atom is 0.475 e. The second kappa shape index (κ2) is 12.0. The number of hydrogen-bond donors (Lipinski definition) is 3. The number of alkyl halides is 2. The minimum atomic E-state index is -2.80. The van der Waals surface area contributed by atoms with Crippen LogP contribution in [-0.4, -0.2) is 88.7 Å². The molecule has 12 heteroatoms. The molecule has 0 bridgehead atoms. The number of ether oxygens (including phenoxy) is 1. The Morgan fingerprint density at radius 1 is 1.32 bits per heavy atom. The van der Waals surface area contributed by atoms with E-state index in [-0.39, 0.29) is 31.5 Å². The van der Waals surface area contributed by atoms with Gasteiger partial charge in [0.2, 0.25) is 0 Å². The van der Waals surface area contributed by atoms with Gasteiger partial charge in [0.05, 0.1) is 19.0 Å². The van der Waals surface area contributed by atoms with E-state index in [1.54, 1.807) is 43.0 Å². The largest absolute Gasteiger partial charge is 0.475 e. The van der Waals surface area contributed by atoms with Gasteiger partial charge in [0.15, 0.2) is 0 Å². The lowest BCUT2D eigenvalue weighted by atomic mass is 9.76. The van der Waals surface area contributed by atoms with Crippen molar-refractivity contribution in [2.24, 2.45) is 0 Å². The molecule has 0 radical (unpaired) electrons. The number of nitriles is 1. The van der Waals surface area contributed by atoms with Gasteiger partial charge in [0.25, 0.3) is 11.8 Å². The first-order chi connectivity index (χ1) is 17.4. The van der Waals surface area contributed by atoms with Crippen molar-refractivity contribution < 1.29 is 33.2 Å². The maximum atomic E-state index is 13.7. The minimum Gasteiger partial charge on any atom is -0.444 e. The summed E-state index contributed by atoms with van der Waals surface area (Å²) in [5, 5.41) is 31.5. The monoisotopic (exact) mass is 518 g/mol. The number of alkyl carbamates (subject to hydrolysis) is 1. The average molecular weight is 518 g/mol. The molecule has 1 unspecified atom stereocenters. The van der Waals surface area contributed by atoms with Crippen LogP contribution < -0.4 is 5.32 Å². The van der Waals surface area contributed by atoms with Gasteiger partial charge in [-0.25, -0.2) is 13.6 Å². The van der Waals surface area contributed by atoms with Crippen LogP contribution in [0.3, 0.4) is 0 Å². The van der Waals surface area contributed by atoms with Crippen LogP contribution in [0.2, 0.25) is 0 Å². The van der Waals surface area contributed by atoms with E-state index in [0.717, 1.165) is 5.56 Å². The van der Waals surface area contributed by atoms with Gasteiger partial charge in [0.1, 0.15) is 17.7 Å². The Morgan fingerprint density at radius 2 is 2.03 bits per heavy atom. The number of likely N-dealkylation sites (tertiary alicyclic amines) is 2. The summed E-state index contributed by atoms with van der Waals surface area (Å²) >= 11 is 0. The molecule has 37 heavy (non-hydrogen) atoms. The Labute approximate surface area is 215 Å². The number of nitrogens with zero attached hydrogens (tertiary/aromatic N) is 3. The maximum absolute atomic E-state index is 13.7. The molecule has 3 rings (SSSR count). The predicted octanol–water partition coefficient (Wildman–Crippen LogP) is 1.90. The van der Waals surface area contributed by atoms with Gasteiger partial charge >= 0.3 is 13.2 Å². The average Bonchev–Trinajstić information content (AvgIpc) is 3.23. The van der Waals surface area contributed by atoms with Crippen molar-refractivity contribution in [2.75, 3.05) is 26.2 Å². The summed E-state index contributed by atoms with van der Waals surface area (Å²) in [6.07, 6.45) is 0.842. The van der Waals surface area contributed by atoms with Gasteiger partial charge in [-0.05, 0) is 44.7 Å². The fraction of sp³-hybridized carbons (Fsp3) is 0.560. The fourth-order valence-corrected chi connectivity index (χ4v) is 4.64. The molecule has 0 spiro atoms. The Kier molecular flexibility index (Phi) is 9.28. The van der Waals surface area contributed by atoms with Gasteiger partial charge in [-0.2, -0.15) is 5.26 Å². The number of amides is 2. The highest BCUT2D eigenvalue weighted by Gasteiger charge is 2.43. The molecule has 0 saturated carbocycles. The third-order valence-electron chi connectivity index (χ3n) is 6.73. The smallest absolute Gasteiger partial charge is 0.444 e. The lowest BCUT2D eigenvalue weighted by Gasteiger charge is -2.35. The SMILES string of the molecule is CC(C)(C=C(C#N)C(=O)N1CCC[C@@H](OC(=O)NC(Cc2ccccc2)B(O)O)C1)N1CCC(F)(F)C1. The Hall–Kier alpha value is -3.01. The lowest BCUT2D eigenvalue weighted by Crippen LogP contribution is -2.50. The molecule has 9 nitrogen and oxygen atoms in total.